The van der Waals surface area contributed by atoms with Crippen molar-refractivity contribution in [2.45, 2.75) is 13.1 Å². The molecule has 0 unspecified atom stereocenters. The SMILES string of the molecule is CN(C)CCn1cc(NCc2cnc3ccsc3c2)cn1. The number of nitrogens with zero attached hydrogens (tertiary/aromatic N) is 4. The number of aromatic nitrogens is 3. The quantitative estimate of drug-likeness (QED) is 0.760. The first-order chi connectivity index (χ1) is 10.2. The zero-order valence-electron chi connectivity index (χ0n) is 12.3. The molecule has 0 amide bonds. The molecule has 0 saturated carbocycles. The lowest BCUT2D eigenvalue weighted by molar-refractivity contribution is 0.373. The predicted molar refractivity (Wildman–Crippen MR) is 87.7 cm³/mol. The third kappa shape index (κ3) is 3.59. The van der Waals surface area contributed by atoms with Gasteiger partial charge in [0.2, 0.25) is 0 Å². The fourth-order valence-corrected chi connectivity index (χ4v) is 2.87. The van der Waals surface area contributed by atoms with Crippen molar-refractivity contribution >= 4 is 27.2 Å². The van der Waals surface area contributed by atoms with Gasteiger partial charge in [0, 0.05) is 25.5 Å². The molecular formula is C15H19N5S. The Bertz CT molecular complexity index is 716. The molecule has 6 heteroatoms. The molecule has 0 atom stereocenters. The Morgan fingerprint density at radius 1 is 1.33 bits per heavy atom. The van der Waals surface area contributed by atoms with Crippen LogP contribution in [0.3, 0.4) is 0 Å². The van der Waals surface area contributed by atoms with Crippen molar-refractivity contribution in [1.29, 1.82) is 0 Å². The number of nitrogens with one attached hydrogen (secondary N) is 1. The number of rotatable bonds is 6. The van der Waals surface area contributed by atoms with E-state index in [1.807, 2.05) is 29.3 Å². The largest absolute Gasteiger partial charge is 0.378 e. The van der Waals surface area contributed by atoms with Crippen molar-refractivity contribution in [2.24, 2.45) is 0 Å². The highest BCUT2D eigenvalue weighted by Crippen LogP contribution is 2.20. The van der Waals surface area contributed by atoms with Gasteiger partial charge in [0.1, 0.15) is 0 Å². The van der Waals surface area contributed by atoms with Crippen LogP contribution in [0.15, 0.2) is 36.1 Å². The van der Waals surface area contributed by atoms with Gasteiger partial charge >= 0.3 is 0 Å². The topological polar surface area (TPSA) is 46.0 Å². The first-order valence-electron chi connectivity index (χ1n) is 6.94. The van der Waals surface area contributed by atoms with E-state index in [0.717, 1.165) is 30.8 Å². The first kappa shape index (κ1) is 14.0. The van der Waals surface area contributed by atoms with E-state index in [1.54, 1.807) is 11.3 Å². The lowest BCUT2D eigenvalue weighted by Gasteiger charge is -2.08. The second kappa shape index (κ2) is 6.24. The summed E-state index contributed by atoms with van der Waals surface area (Å²) in [5, 5.41) is 9.82. The smallest absolute Gasteiger partial charge is 0.0809 e. The number of likely N-dealkylation sites (N-methyl/N-ethyl adjacent to an activating group) is 1. The summed E-state index contributed by atoms with van der Waals surface area (Å²) in [6.07, 6.45) is 5.84. The third-order valence-corrected chi connectivity index (χ3v) is 4.12. The van der Waals surface area contributed by atoms with E-state index < -0.39 is 0 Å². The second-order valence-electron chi connectivity index (χ2n) is 5.30. The van der Waals surface area contributed by atoms with Crippen molar-refractivity contribution < 1.29 is 0 Å². The molecule has 21 heavy (non-hydrogen) atoms. The number of hydrogen-bond acceptors (Lipinski definition) is 5. The second-order valence-corrected chi connectivity index (χ2v) is 6.24. The average Bonchev–Trinajstić information content (AvgIpc) is 3.11. The maximum absolute atomic E-state index is 4.45. The lowest BCUT2D eigenvalue weighted by Crippen LogP contribution is -2.18. The van der Waals surface area contributed by atoms with E-state index in [-0.39, 0.29) is 0 Å². The summed E-state index contributed by atoms with van der Waals surface area (Å²) in [5.41, 5.74) is 3.30. The van der Waals surface area contributed by atoms with E-state index in [9.17, 15) is 0 Å². The zero-order valence-corrected chi connectivity index (χ0v) is 13.1. The Balaban J connectivity index is 1.59. The van der Waals surface area contributed by atoms with Gasteiger partial charge in [0.05, 0.1) is 28.6 Å². The van der Waals surface area contributed by atoms with E-state index in [2.05, 4.69) is 45.8 Å². The molecule has 0 aliphatic rings. The van der Waals surface area contributed by atoms with Crippen molar-refractivity contribution in [3.63, 3.8) is 0 Å². The highest BCUT2D eigenvalue weighted by molar-refractivity contribution is 7.17. The molecule has 0 aromatic carbocycles. The minimum absolute atomic E-state index is 0.764. The monoisotopic (exact) mass is 301 g/mol. The molecule has 5 nitrogen and oxygen atoms in total. The van der Waals surface area contributed by atoms with Crippen LogP contribution < -0.4 is 5.32 Å². The minimum atomic E-state index is 0.764. The first-order valence-corrected chi connectivity index (χ1v) is 7.82. The molecule has 0 fully saturated rings. The van der Waals surface area contributed by atoms with Crippen LogP contribution in [0.1, 0.15) is 5.56 Å². The van der Waals surface area contributed by atoms with Gasteiger partial charge in [0.25, 0.3) is 0 Å². The van der Waals surface area contributed by atoms with E-state index in [0.29, 0.717) is 0 Å². The van der Waals surface area contributed by atoms with Gasteiger partial charge in [-0.25, -0.2) is 0 Å². The molecule has 0 spiro atoms. The Hall–Kier alpha value is -1.92. The van der Waals surface area contributed by atoms with Crippen molar-refractivity contribution in [3.05, 3.63) is 41.7 Å². The zero-order chi connectivity index (χ0) is 14.7. The molecule has 3 heterocycles. The maximum atomic E-state index is 4.45. The number of hydrogen-bond donors (Lipinski definition) is 1. The fraction of sp³-hybridized carbons (Fsp3) is 0.333. The highest BCUT2D eigenvalue weighted by Gasteiger charge is 2.02. The maximum Gasteiger partial charge on any atom is 0.0809 e. The molecule has 110 valence electrons. The summed E-state index contributed by atoms with van der Waals surface area (Å²) in [5.74, 6) is 0. The van der Waals surface area contributed by atoms with Gasteiger partial charge in [-0.05, 0) is 37.2 Å². The summed E-state index contributed by atoms with van der Waals surface area (Å²) < 4.78 is 3.19. The summed E-state index contributed by atoms with van der Waals surface area (Å²) in [4.78, 5) is 6.60. The molecule has 3 rings (SSSR count). The van der Waals surface area contributed by atoms with Gasteiger partial charge in [-0.3, -0.25) is 9.67 Å². The van der Waals surface area contributed by atoms with Crippen LogP contribution in [0.5, 0.6) is 0 Å². The fourth-order valence-electron chi connectivity index (χ4n) is 2.07. The van der Waals surface area contributed by atoms with Gasteiger partial charge < -0.3 is 10.2 Å². The van der Waals surface area contributed by atoms with Crippen LogP contribution >= 0.6 is 11.3 Å². The molecule has 3 aromatic heterocycles. The molecule has 3 aromatic rings. The Morgan fingerprint density at radius 3 is 3.10 bits per heavy atom. The van der Waals surface area contributed by atoms with Crippen molar-refractivity contribution in [2.75, 3.05) is 26.0 Å². The molecule has 1 N–H and O–H groups in total. The van der Waals surface area contributed by atoms with E-state index >= 15 is 0 Å². The molecule has 0 aliphatic carbocycles. The number of anilines is 1. The van der Waals surface area contributed by atoms with Crippen molar-refractivity contribution in [3.8, 4) is 0 Å². The molecule has 0 bridgehead atoms. The van der Waals surface area contributed by atoms with Gasteiger partial charge in [-0.2, -0.15) is 5.10 Å². The number of pyridine rings is 1. The summed E-state index contributed by atoms with van der Waals surface area (Å²) in [6, 6.07) is 4.24. The number of thiophene rings is 1. The Morgan fingerprint density at radius 2 is 2.24 bits per heavy atom. The Kier molecular flexibility index (Phi) is 4.17. The van der Waals surface area contributed by atoms with E-state index in [4.69, 9.17) is 0 Å². The van der Waals surface area contributed by atoms with Gasteiger partial charge in [-0.15, -0.1) is 11.3 Å². The molecule has 0 saturated heterocycles. The average molecular weight is 301 g/mol. The molecule has 0 radical (unpaired) electrons. The standard InChI is InChI=1S/C15H19N5S/c1-19(2)4-5-20-11-13(10-18-20)16-8-12-7-15-14(17-9-12)3-6-21-15/h3,6-7,9-11,16H,4-5,8H2,1-2H3. The minimum Gasteiger partial charge on any atom is -0.378 e. The lowest BCUT2D eigenvalue weighted by atomic mass is 10.2. The molecule has 0 aliphatic heterocycles. The summed E-state index contributed by atoms with van der Waals surface area (Å²) >= 11 is 1.73. The van der Waals surface area contributed by atoms with Crippen LogP contribution in [-0.4, -0.2) is 40.3 Å². The van der Waals surface area contributed by atoms with Crippen LogP contribution in [0.2, 0.25) is 0 Å². The van der Waals surface area contributed by atoms with Crippen LogP contribution in [0, 0.1) is 0 Å². The summed E-state index contributed by atoms with van der Waals surface area (Å²) in [7, 11) is 4.13. The normalized spacial score (nSPS) is 11.4. The van der Waals surface area contributed by atoms with Gasteiger partial charge in [-0.1, -0.05) is 0 Å². The van der Waals surface area contributed by atoms with Crippen LogP contribution in [0.25, 0.3) is 10.2 Å². The Labute approximate surface area is 128 Å². The van der Waals surface area contributed by atoms with Crippen LogP contribution in [-0.2, 0) is 13.1 Å². The summed E-state index contributed by atoms with van der Waals surface area (Å²) in [6.45, 7) is 2.65. The van der Waals surface area contributed by atoms with Gasteiger partial charge in [0.15, 0.2) is 0 Å². The predicted octanol–water partition coefficient (Wildman–Crippen LogP) is 2.67. The van der Waals surface area contributed by atoms with Crippen LogP contribution in [0.4, 0.5) is 5.69 Å². The number of fused-ring (bicyclic) bond motifs is 1. The van der Waals surface area contributed by atoms with Crippen molar-refractivity contribution in [1.82, 2.24) is 19.7 Å². The third-order valence-electron chi connectivity index (χ3n) is 3.27. The highest BCUT2D eigenvalue weighted by atomic mass is 32.1. The molecular weight excluding hydrogens is 282 g/mol. The van der Waals surface area contributed by atoms with E-state index in [1.165, 1.54) is 10.3 Å².